The van der Waals surface area contributed by atoms with Crippen molar-refractivity contribution in [3.05, 3.63) is 83.2 Å². The molecule has 23 heavy (non-hydrogen) atoms. The average molecular weight is 296 g/mol. The van der Waals surface area contributed by atoms with Gasteiger partial charge in [-0.25, -0.2) is 4.79 Å². The SMILES string of the molecule is O=c1oc2ccc3ccccc3c2c2c1ccc1ccccc12. The van der Waals surface area contributed by atoms with E-state index in [0.29, 0.717) is 11.0 Å². The predicted molar refractivity (Wildman–Crippen MR) is 95.0 cm³/mol. The number of fused-ring (bicyclic) bond motifs is 7. The normalized spacial score (nSPS) is 11.7. The van der Waals surface area contributed by atoms with Crippen LogP contribution < -0.4 is 5.63 Å². The van der Waals surface area contributed by atoms with Crippen molar-refractivity contribution in [2.75, 3.05) is 0 Å². The molecule has 0 bridgehead atoms. The van der Waals surface area contributed by atoms with E-state index in [1.54, 1.807) is 0 Å². The Balaban J connectivity index is 2.24. The van der Waals surface area contributed by atoms with Gasteiger partial charge in [0.05, 0.1) is 5.39 Å². The zero-order chi connectivity index (χ0) is 15.4. The van der Waals surface area contributed by atoms with Crippen LogP contribution in [0.25, 0.3) is 43.3 Å². The third kappa shape index (κ3) is 1.66. The van der Waals surface area contributed by atoms with Crippen LogP contribution in [0.3, 0.4) is 0 Å². The van der Waals surface area contributed by atoms with Crippen molar-refractivity contribution in [2.24, 2.45) is 0 Å². The minimum absolute atomic E-state index is 0.284. The van der Waals surface area contributed by atoms with E-state index in [1.807, 2.05) is 48.5 Å². The summed E-state index contributed by atoms with van der Waals surface area (Å²) < 4.78 is 5.58. The molecule has 108 valence electrons. The van der Waals surface area contributed by atoms with Crippen LogP contribution in [0, 0.1) is 0 Å². The van der Waals surface area contributed by atoms with E-state index in [9.17, 15) is 4.79 Å². The third-order valence-electron chi connectivity index (χ3n) is 4.49. The molecule has 2 nitrogen and oxygen atoms in total. The number of rotatable bonds is 0. The first-order chi connectivity index (χ1) is 11.3. The fraction of sp³-hybridized carbons (Fsp3) is 0. The molecule has 0 saturated heterocycles. The van der Waals surface area contributed by atoms with Gasteiger partial charge in [-0.2, -0.15) is 0 Å². The van der Waals surface area contributed by atoms with Crippen LogP contribution in [0.4, 0.5) is 0 Å². The van der Waals surface area contributed by atoms with Crippen LogP contribution in [0.1, 0.15) is 0 Å². The van der Waals surface area contributed by atoms with Crippen molar-refractivity contribution in [3.63, 3.8) is 0 Å². The highest BCUT2D eigenvalue weighted by atomic mass is 16.4. The van der Waals surface area contributed by atoms with Crippen LogP contribution in [0.2, 0.25) is 0 Å². The molecule has 0 spiro atoms. The van der Waals surface area contributed by atoms with Gasteiger partial charge in [-0.05, 0) is 33.7 Å². The van der Waals surface area contributed by atoms with E-state index in [0.717, 1.165) is 32.3 Å². The molecule has 0 radical (unpaired) electrons. The highest BCUT2D eigenvalue weighted by Crippen LogP contribution is 2.34. The van der Waals surface area contributed by atoms with Gasteiger partial charge >= 0.3 is 5.63 Å². The summed E-state index contributed by atoms with van der Waals surface area (Å²) >= 11 is 0. The quantitative estimate of drug-likeness (QED) is 0.288. The fourth-order valence-electron chi connectivity index (χ4n) is 3.46. The molecule has 0 aliphatic heterocycles. The molecule has 0 unspecified atom stereocenters. The van der Waals surface area contributed by atoms with Crippen molar-refractivity contribution in [1.29, 1.82) is 0 Å². The molecule has 0 aliphatic rings. The topological polar surface area (TPSA) is 30.2 Å². The number of benzene rings is 4. The minimum Gasteiger partial charge on any atom is -0.422 e. The summed E-state index contributed by atoms with van der Waals surface area (Å²) in [6, 6.07) is 24.1. The molecule has 1 heterocycles. The van der Waals surface area contributed by atoms with Crippen LogP contribution in [-0.4, -0.2) is 0 Å². The molecule has 1 aromatic heterocycles. The smallest absolute Gasteiger partial charge is 0.344 e. The minimum atomic E-state index is -0.284. The van der Waals surface area contributed by atoms with Gasteiger partial charge in [0, 0.05) is 10.8 Å². The second-order valence-corrected chi connectivity index (χ2v) is 5.76. The molecule has 5 rings (SSSR count). The second-order valence-electron chi connectivity index (χ2n) is 5.76. The van der Waals surface area contributed by atoms with E-state index in [-0.39, 0.29) is 5.63 Å². The second kappa shape index (κ2) is 4.43. The first-order valence-corrected chi connectivity index (χ1v) is 7.59. The van der Waals surface area contributed by atoms with Gasteiger partial charge in [0.1, 0.15) is 5.58 Å². The summed E-state index contributed by atoms with van der Waals surface area (Å²) in [7, 11) is 0. The Morgan fingerprint density at radius 3 is 1.91 bits per heavy atom. The molecule has 0 saturated carbocycles. The van der Waals surface area contributed by atoms with Gasteiger partial charge in [-0.1, -0.05) is 60.7 Å². The molecule has 0 aliphatic carbocycles. The highest BCUT2D eigenvalue weighted by Gasteiger charge is 2.12. The van der Waals surface area contributed by atoms with Gasteiger partial charge in [0.25, 0.3) is 0 Å². The summed E-state index contributed by atoms with van der Waals surface area (Å²) in [4.78, 5) is 12.4. The van der Waals surface area contributed by atoms with E-state index in [1.165, 1.54) is 0 Å². The van der Waals surface area contributed by atoms with Gasteiger partial charge < -0.3 is 4.42 Å². The monoisotopic (exact) mass is 296 g/mol. The summed E-state index contributed by atoms with van der Waals surface area (Å²) in [6.07, 6.45) is 0. The average Bonchev–Trinajstić information content (AvgIpc) is 2.61. The largest absolute Gasteiger partial charge is 0.422 e. The maximum absolute atomic E-state index is 12.4. The van der Waals surface area contributed by atoms with Crippen molar-refractivity contribution in [2.45, 2.75) is 0 Å². The van der Waals surface area contributed by atoms with Crippen molar-refractivity contribution >= 4 is 43.3 Å². The summed E-state index contributed by atoms with van der Waals surface area (Å²) in [5.74, 6) is 0. The van der Waals surface area contributed by atoms with E-state index in [4.69, 9.17) is 4.42 Å². The lowest BCUT2D eigenvalue weighted by Crippen LogP contribution is -2.00. The molecule has 5 aromatic rings. The highest BCUT2D eigenvalue weighted by molar-refractivity contribution is 6.25. The lowest BCUT2D eigenvalue weighted by molar-refractivity contribution is 0.570. The lowest BCUT2D eigenvalue weighted by atomic mass is 9.96. The predicted octanol–water partition coefficient (Wildman–Crippen LogP) is 5.25. The summed E-state index contributed by atoms with van der Waals surface area (Å²) in [5.41, 5.74) is 0.353. The first-order valence-electron chi connectivity index (χ1n) is 7.59. The van der Waals surface area contributed by atoms with Crippen molar-refractivity contribution < 1.29 is 4.42 Å². The van der Waals surface area contributed by atoms with Gasteiger partial charge in [0.15, 0.2) is 0 Å². The van der Waals surface area contributed by atoms with Crippen LogP contribution >= 0.6 is 0 Å². The summed E-state index contributed by atoms with van der Waals surface area (Å²) in [5, 5.41) is 7.07. The Morgan fingerprint density at radius 1 is 0.565 bits per heavy atom. The number of hydrogen-bond acceptors (Lipinski definition) is 2. The van der Waals surface area contributed by atoms with E-state index in [2.05, 4.69) is 24.3 Å². The zero-order valence-electron chi connectivity index (χ0n) is 12.2. The Bertz CT molecular complexity index is 1280. The standard InChI is InChI=1S/C21H12O2/c22-21-17-11-9-13-5-1-3-7-15(13)19(17)20-16-8-4-2-6-14(16)10-12-18(20)23-21/h1-12H. The first kappa shape index (κ1) is 12.4. The van der Waals surface area contributed by atoms with Crippen LogP contribution in [0.5, 0.6) is 0 Å². The summed E-state index contributed by atoms with van der Waals surface area (Å²) in [6.45, 7) is 0. The van der Waals surface area contributed by atoms with E-state index < -0.39 is 0 Å². The third-order valence-corrected chi connectivity index (χ3v) is 4.49. The molecule has 0 amide bonds. The Hall–Kier alpha value is -3.13. The maximum atomic E-state index is 12.4. The van der Waals surface area contributed by atoms with Crippen molar-refractivity contribution in [1.82, 2.24) is 0 Å². The molecule has 0 N–H and O–H groups in total. The number of hydrogen-bond donors (Lipinski definition) is 0. The van der Waals surface area contributed by atoms with Crippen LogP contribution in [-0.2, 0) is 0 Å². The van der Waals surface area contributed by atoms with E-state index >= 15 is 0 Å². The van der Waals surface area contributed by atoms with Gasteiger partial charge in [-0.15, -0.1) is 0 Å². The lowest BCUT2D eigenvalue weighted by Gasteiger charge is -2.09. The van der Waals surface area contributed by atoms with Crippen LogP contribution in [0.15, 0.2) is 82.0 Å². The fourth-order valence-corrected chi connectivity index (χ4v) is 3.46. The molecule has 2 heteroatoms. The van der Waals surface area contributed by atoms with Gasteiger partial charge in [0.2, 0.25) is 0 Å². The zero-order valence-corrected chi connectivity index (χ0v) is 12.2. The molecule has 4 aromatic carbocycles. The van der Waals surface area contributed by atoms with Gasteiger partial charge in [-0.3, -0.25) is 0 Å². The molecule has 0 fully saturated rings. The Kier molecular flexibility index (Phi) is 2.39. The Labute approximate surface area is 131 Å². The molecule has 0 atom stereocenters. The Morgan fingerprint density at radius 2 is 1.17 bits per heavy atom. The maximum Gasteiger partial charge on any atom is 0.344 e. The molecular formula is C21H12O2. The van der Waals surface area contributed by atoms with Crippen molar-refractivity contribution in [3.8, 4) is 0 Å². The molecular weight excluding hydrogens is 284 g/mol.